The van der Waals surface area contributed by atoms with Crippen molar-refractivity contribution in [3.05, 3.63) is 46.5 Å². The van der Waals surface area contributed by atoms with Crippen molar-refractivity contribution in [1.82, 2.24) is 0 Å². The summed E-state index contributed by atoms with van der Waals surface area (Å²) in [5.41, 5.74) is 2.29. The predicted molar refractivity (Wildman–Crippen MR) is 105 cm³/mol. The van der Waals surface area contributed by atoms with Crippen LogP contribution in [-0.4, -0.2) is 11.9 Å². The topological polar surface area (TPSA) is 52.6 Å². The highest BCUT2D eigenvalue weighted by molar-refractivity contribution is 5.99. The van der Waals surface area contributed by atoms with Crippen molar-refractivity contribution in [2.45, 2.75) is 65.2 Å². The maximum absolute atomic E-state index is 13.0. The Morgan fingerprint density at radius 2 is 1.86 bits per heavy atom. The Hall–Kier alpha value is -2.10. The van der Waals surface area contributed by atoms with Crippen LogP contribution in [0, 0.1) is 23.2 Å². The molecule has 4 atom stereocenters. The summed E-state index contributed by atoms with van der Waals surface area (Å²) in [4.78, 5) is 25.8. The third-order valence-corrected chi connectivity index (χ3v) is 7.43. The van der Waals surface area contributed by atoms with Crippen molar-refractivity contribution in [2.24, 2.45) is 23.2 Å². The Bertz CT molecular complexity index is 871. The largest absolute Gasteiger partial charge is 0.427 e. The maximum Gasteiger partial charge on any atom is 0.340 e. The SMILES string of the molecule is CCC/C=C1\OC(=O)C2=CC3CCC21[C@H]1C2=C(CC[C@@H]31)/C(=C\CCC)OC2=O. The molecule has 2 unspecified atom stereocenters. The van der Waals surface area contributed by atoms with Crippen LogP contribution in [0.1, 0.15) is 65.2 Å². The molecule has 2 bridgehead atoms. The molecule has 148 valence electrons. The summed E-state index contributed by atoms with van der Waals surface area (Å²) in [7, 11) is 0. The normalized spacial score (nSPS) is 38.4. The first-order valence-corrected chi connectivity index (χ1v) is 10.9. The smallest absolute Gasteiger partial charge is 0.340 e. The second-order valence-corrected chi connectivity index (χ2v) is 8.82. The van der Waals surface area contributed by atoms with Gasteiger partial charge < -0.3 is 9.47 Å². The van der Waals surface area contributed by atoms with Crippen LogP contribution in [0.4, 0.5) is 0 Å². The van der Waals surface area contributed by atoms with Gasteiger partial charge in [0.15, 0.2) is 0 Å². The van der Waals surface area contributed by atoms with Gasteiger partial charge in [0, 0.05) is 22.6 Å². The van der Waals surface area contributed by atoms with E-state index in [1.54, 1.807) is 0 Å². The van der Waals surface area contributed by atoms with E-state index >= 15 is 0 Å². The van der Waals surface area contributed by atoms with E-state index in [-0.39, 0.29) is 17.9 Å². The van der Waals surface area contributed by atoms with Gasteiger partial charge in [-0.1, -0.05) is 32.8 Å². The molecule has 2 heterocycles. The summed E-state index contributed by atoms with van der Waals surface area (Å²) in [5.74, 6) is 1.96. The third kappa shape index (κ3) is 2.23. The molecular weight excluding hydrogens is 352 g/mol. The lowest BCUT2D eigenvalue weighted by molar-refractivity contribution is -0.135. The minimum absolute atomic E-state index is 0.0181. The molecule has 0 aromatic carbocycles. The van der Waals surface area contributed by atoms with Gasteiger partial charge in [0.25, 0.3) is 0 Å². The minimum Gasteiger partial charge on any atom is -0.427 e. The molecule has 2 fully saturated rings. The molecule has 2 aliphatic heterocycles. The second-order valence-electron chi connectivity index (χ2n) is 8.82. The number of cyclic esters (lactones) is 2. The molecule has 0 radical (unpaired) electrons. The fourth-order valence-corrected chi connectivity index (χ4v) is 6.29. The summed E-state index contributed by atoms with van der Waals surface area (Å²) in [6.45, 7) is 4.26. The van der Waals surface area contributed by atoms with Crippen molar-refractivity contribution in [2.75, 3.05) is 0 Å². The lowest BCUT2D eigenvalue weighted by atomic mass is 9.47. The lowest BCUT2D eigenvalue weighted by Crippen LogP contribution is -2.50. The first-order valence-electron chi connectivity index (χ1n) is 10.9. The summed E-state index contributed by atoms with van der Waals surface area (Å²) in [6, 6.07) is 0. The predicted octanol–water partition coefficient (Wildman–Crippen LogP) is 5.13. The van der Waals surface area contributed by atoms with E-state index in [1.165, 1.54) is 0 Å². The molecule has 0 N–H and O–H groups in total. The van der Waals surface area contributed by atoms with Crippen molar-refractivity contribution < 1.29 is 19.1 Å². The van der Waals surface area contributed by atoms with Crippen molar-refractivity contribution in [3.63, 3.8) is 0 Å². The van der Waals surface area contributed by atoms with E-state index in [1.807, 2.05) is 0 Å². The van der Waals surface area contributed by atoms with Gasteiger partial charge in [-0.3, -0.25) is 0 Å². The van der Waals surface area contributed by atoms with Gasteiger partial charge in [-0.25, -0.2) is 9.59 Å². The fourth-order valence-electron chi connectivity index (χ4n) is 6.29. The number of ether oxygens (including phenoxy) is 2. The molecule has 28 heavy (non-hydrogen) atoms. The molecule has 4 nitrogen and oxygen atoms in total. The van der Waals surface area contributed by atoms with Crippen LogP contribution in [0.25, 0.3) is 0 Å². The number of carbonyl (C=O) groups is 2. The van der Waals surface area contributed by atoms with Gasteiger partial charge in [-0.15, -0.1) is 0 Å². The van der Waals surface area contributed by atoms with Gasteiger partial charge >= 0.3 is 11.9 Å². The number of hydrogen-bond donors (Lipinski definition) is 0. The molecule has 0 amide bonds. The second kappa shape index (κ2) is 6.47. The molecule has 0 aromatic heterocycles. The first-order chi connectivity index (χ1) is 13.6. The van der Waals surface area contributed by atoms with E-state index in [0.29, 0.717) is 11.8 Å². The fraction of sp³-hybridized carbons (Fsp3) is 0.583. The molecule has 1 saturated carbocycles. The standard InChI is InChI=1S/C24H28O4/c1-3-5-7-18-16-10-9-15-14-11-12-24(21(15)20(16)23(26)27-18)17(13-14)22(25)28-19(24)8-6-4-2/h7-8,13-15,21H,3-6,9-12H2,1-2H3/b18-7+,19-8-/t14?,15-,21+,24?/m0/s1. The quantitative estimate of drug-likeness (QED) is 0.635. The van der Waals surface area contributed by atoms with E-state index < -0.39 is 5.41 Å². The molecule has 0 aromatic rings. The summed E-state index contributed by atoms with van der Waals surface area (Å²) in [5, 5.41) is 0. The zero-order valence-electron chi connectivity index (χ0n) is 16.8. The van der Waals surface area contributed by atoms with E-state index in [4.69, 9.17) is 9.47 Å². The molecule has 1 spiro atoms. The van der Waals surface area contributed by atoms with Crippen LogP contribution >= 0.6 is 0 Å². The van der Waals surface area contributed by atoms with Gasteiger partial charge in [0.1, 0.15) is 11.5 Å². The van der Waals surface area contributed by atoms with E-state index in [0.717, 1.165) is 79.6 Å². The highest BCUT2D eigenvalue weighted by Gasteiger charge is 2.66. The van der Waals surface area contributed by atoms with Gasteiger partial charge in [0.05, 0.1) is 5.41 Å². The Morgan fingerprint density at radius 3 is 2.64 bits per heavy atom. The minimum atomic E-state index is -0.452. The molecule has 6 aliphatic rings. The van der Waals surface area contributed by atoms with Crippen LogP contribution in [0.3, 0.4) is 0 Å². The van der Waals surface area contributed by atoms with Crippen molar-refractivity contribution in [3.8, 4) is 0 Å². The molecular formula is C24H28O4. The number of rotatable bonds is 4. The highest BCUT2D eigenvalue weighted by Crippen LogP contribution is 2.68. The number of fused-ring (bicyclic) bond motifs is 1. The Kier molecular flexibility index (Phi) is 4.15. The Labute approximate surface area is 166 Å². The average Bonchev–Trinajstić information content (AvgIpc) is 3.19. The van der Waals surface area contributed by atoms with Gasteiger partial charge in [-0.05, 0) is 62.5 Å². The number of unbranched alkanes of at least 4 members (excludes halogenated alkanes) is 2. The highest BCUT2D eigenvalue weighted by atomic mass is 16.5. The number of esters is 2. The van der Waals surface area contributed by atoms with Crippen LogP contribution < -0.4 is 0 Å². The first kappa shape index (κ1) is 18.0. The number of allylic oxidation sites excluding steroid dienone is 5. The van der Waals surface area contributed by atoms with E-state index in [9.17, 15) is 9.59 Å². The van der Waals surface area contributed by atoms with Crippen molar-refractivity contribution >= 4 is 11.9 Å². The average molecular weight is 380 g/mol. The van der Waals surface area contributed by atoms with Crippen molar-refractivity contribution in [1.29, 1.82) is 0 Å². The summed E-state index contributed by atoms with van der Waals surface area (Å²) >= 11 is 0. The molecule has 6 rings (SSSR count). The van der Waals surface area contributed by atoms with Crippen LogP contribution in [0.2, 0.25) is 0 Å². The molecule has 1 saturated heterocycles. The zero-order valence-corrected chi connectivity index (χ0v) is 16.8. The van der Waals surface area contributed by atoms with Crippen LogP contribution in [0.5, 0.6) is 0 Å². The van der Waals surface area contributed by atoms with Crippen LogP contribution in [0.15, 0.2) is 46.5 Å². The molecule has 4 aliphatic carbocycles. The molecule has 4 heteroatoms. The number of carbonyl (C=O) groups excluding carboxylic acids is 2. The Morgan fingerprint density at radius 1 is 1.07 bits per heavy atom. The van der Waals surface area contributed by atoms with E-state index in [2.05, 4.69) is 32.1 Å². The summed E-state index contributed by atoms with van der Waals surface area (Å²) < 4.78 is 11.6. The lowest BCUT2D eigenvalue weighted by Gasteiger charge is -2.54. The number of hydrogen-bond acceptors (Lipinski definition) is 4. The third-order valence-electron chi connectivity index (χ3n) is 7.43. The van der Waals surface area contributed by atoms with Crippen LogP contribution in [-0.2, 0) is 19.1 Å². The zero-order chi connectivity index (χ0) is 19.5. The Balaban J connectivity index is 1.68. The monoisotopic (exact) mass is 380 g/mol. The van der Waals surface area contributed by atoms with Gasteiger partial charge in [0.2, 0.25) is 0 Å². The van der Waals surface area contributed by atoms with Gasteiger partial charge in [-0.2, -0.15) is 0 Å². The summed E-state index contributed by atoms with van der Waals surface area (Å²) in [6.07, 6.45) is 14.1. The maximum atomic E-state index is 13.0.